The maximum absolute atomic E-state index is 9.78. The Bertz CT molecular complexity index is 919. The second kappa shape index (κ2) is 12.7. The quantitative estimate of drug-likeness (QED) is 0.527. The second-order valence-electron chi connectivity index (χ2n) is 8.65. The van der Waals surface area contributed by atoms with Crippen molar-refractivity contribution in [3.8, 4) is 17.3 Å². The van der Waals surface area contributed by atoms with Crippen LogP contribution in [0.3, 0.4) is 0 Å². The van der Waals surface area contributed by atoms with Crippen LogP contribution in [-0.2, 0) is 4.74 Å². The lowest BCUT2D eigenvalue weighted by Crippen LogP contribution is -2.29. The number of aliphatic hydroxyl groups is 1. The monoisotopic (exact) mass is 471 g/mol. The molecular weight excluding hydrogens is 438 g/mol. The molecule has 2 aromatic heterocycles. The van der Waals surface area contributed by atoms with Crippen LogP contribution in [-0.4, -0.2) is 48.0 Å². The van der Waals surface area contributed by atoms with Gasteiger partial charge in [0.2, 0.25) is 0 Å². The molecule has 2 aromatic rings. The molecule has 4 rings (SSSR count). The molecule has 3 heterocycles. The third kappa shape index (κ3) is 7.04. The fourth-order valence-electron chi connectivity index (χ4n) is 4.45. The van der Waals surface area contributed by atoms with Crippen LogP contribution in [0, 0.1) is 16.7 Å². The number of nitrogens with one attached hydrogen (secondary N) is 2. The van der Waals surface area contributed by atoms with Crippen LogP contribution in [0.15, 0.2) is 30.5 Å². The van der Waals surface area contributed by atoms with Crippen molar-refractivity contribution in [2.75, 3.05) is 37.5 Å². The van der Waals surface area contributed by atoms with Gasteiger partial charge in [0.1, 0.15) is 11.6 Å². The highest BCUT2D eigenvalue weighted by molar-refractivity contribution is 6.33. The topological polar surface area (TPSA) is 103 Å². The Morgan fingerprint density at radius 3 is 2.76 bits per heavy atom. The van der Waals surface area contributed by atoms with Gasteiger partial charge in [-0.1, -0.05) is 36.9 Å². The highest BCUT2D eigenvalue weighted by Crippen LogP contribution is 2.32. The predicted molar refractivity (Wildman–Crippen MR) is 132 cm³/mol. The van der Waals surface area contributed by atoms with E-state index in [9.17, 15) is 5.26 Å². The molecular formula is C25H34ClN5O2. The Labute approximate surface area is 201 Å². The van der Waals surface area contributed by atoms with Crippen molar-refractivity contribution in [1.29, 1.82) is 5.26 Å². The number of hydrogen-bond acceptors (Lipinski definition) is 7. The van der Waals surface area contributed by atoms with E-state index in [4.69, 9.17) is 26.4 Å². The number of nitriles is 1. The van der Waals surface area contributed by atoms with Crippen molar-refractivity contribution in [1.82, 2.24) is 9.97 Å². The summed E-state index contributed by atoms with van der Waals surface area (Å²) in [6.45, 7) is 1.92. The molecule has 2 aliphatic rings. The fourth-order valence-corrected chi connectivity index (χ4v) is 4.65. The van der Waals surface area contributed by atoms with E-state index < -0.39 is 5.41 Å². The van der Waals surface area contributed by atoms with Crippen LogP contribution >= 0.6 is 11.6 Å². The van der Waals surface area contributed by atoms with Gasteiger partial charge in [0.15, 0.2) is 0 Å². The van der Waals surface area contributed by atoms with Gasteiger partial charge in [0, 0.05) is 44.7 Å². The molecule has 0 aromatic carbocycles. The number of pyridine rings is 2. The van der Waals surface area contributed by atoms with Gasteiger partial charge in [0.25, 0.3) is 0 Å². The van der Waals surface area contributed by atoms with Gasteiger partial charge in [-0.15, -0.1) is 0 Å². The molecule has 3 N–H and O–H groups in total. The number of rotatable bonds is 6. The molecule has 0 bridgehead atoms. The number of aliphatic hydroxyl groups excluding tert-OH is 1. The third-order valence-corrected chi connectivity index (χ3v) is 6.65. The molecule has 0 amide bonds. The number of aromatic nitrogens is 2. The lowest BCUT2D eigenvalue weighted by molar-refractivity contribution is 0.138. The zero-order valence-corrected chi connectivity index (χ0v) is 20.1. The summed E-state index contributed by atoms with van der Waals surface area (Å²) in [4.78, 5) is 9.25. The first-order valence-corrected chi connectivity index (χ1v) is 12.1. The molecule has 1 aliphatic heterocycles. The van der Waals surface area contributed by atoms with E-state index in [0.717, 1.165) is 55.9 Å². The Morgan fingerprint density at radius 1 is 1.15 bits per heavy atom. The minimum absolute atomic E-state index is 0.417. The van der Waals surface area contributed by atoms with Gasteiger partial charge in [-0.05, 0) is 50.3 Å². The molecule has 1 saturated heterocycles. The Kier molecular flexibility index (Phi) is 9.74. The van der Waals surface area contributed by atoms with Crippen molar-refractivity contribution in [3.05, 3.63) is 35.5 Å². The Hall–Kier alpha value is -2.40. The Morgan fingerprint density at radius 2 is 1.97 bits per heavy atom. The van der Waals surface area contributed by atoms with Crippen molar-refractivity contribution in [3.63, 3.8) is 0 Å². The van der Waals surface area contributed by atoms with E-state index in [1.165, 1.54) is 32.1 Å². The minimum atomic E-state index is -0.417. The van der Waals surface area contributed by atoms with Gasteiger partial charge in [-0.25, -0.2) is 9.97 Å². The van der Waals surface area contributed by atoms with Crippen LogP contribution in [0.25, 0.3) is 11.3 Å². The largest absolute Gasteiger partial charge is 0.400 e. The average molecular weight is 472 g/mol. The van der Waals surface area contributed by atoms with E-state index >= 15 is 0 Å². The highest BCUT2D eigenvalue weighted by Gasteiger charge is 2.31. The van der Waals surface area contributed by atoms with Crippen molar-refractivity contribution >= 4 is 23.2 Å². The summed E-state index contributed by atoms with van der Waals surface area (Å²) < 4.78 is 5.54. The zero-order chi connectivity index (χ0) is 23.5. The van der Waals surface area contributed by atoms with E-state index in [0.29, 0.717) is 24.2 Å². The molecule has 33 heavy (non-hydrogen) atoms. The molecule has 8 heteroatoms. The van der Waals surface area contributed by atoms with Crippen LogP contribution in [0.2, 0.25) is 5.02 Å². The van der Waals surface area contributed by atoms with Gasteiger partial charge in [-0.2, -0.15) is 5.26 Å². The summed E-state index contributed by atoms with van der Waals surface area (Å²) in [6.07, 6.45) is 10.4. The van der Waals surface area contributed by atoms with Crippen LogP contribution < -0.4 is 10.6 Å². The summed E-state index contributed by atoms with van der Waals surface area (Å²) in [7, 11) is 1.00. The van der Waals surface area contributed by atoms with E-state index in [1.54, 1.807) is 6.20 Å². The Balaban J connectivity index is 0.00000149. The lowest BCUT2D eigenvalue weighted by Gasteiger charge is -2.25. The molecule has 178 valence electrons. The first-order chi connectivity index (χ1) is 16.2. The number of ether oxygens (including phenoxy) is 1. The van der Waals surface area contributed by atoms with E-state index in [1.807, 2.05) is 24.3 Å². The molecule has 0 radical (unpaired) electrons. The molecule has 1 aliphatic carbocycles. The minimum Gasteiger partial charge on any atom is -0.400 e. The summed E-state index contributed by atoms with van der Waals surface area (Å²) in [5, 5.41) is 24.3. The van der Waals surface area contributed by atoms with Crippen molar-refractivity contribution in [2.45, 2.75) is 57.4 Å². The van der Waals surface area contributed by atoms with Gasteiger partial charge >= 0.3 is 0 Å². The summed E-state index contributed by atoms with van der Waals surface area (Å²) >= 11 is 6.48. The van der Waals surface area contributed by atoms with Crippen molar-refractivity contribution in [2.24, 2.45) is 5.41 Å². The average Bonchev–Trinajstić information content (AvgIpc) is 3.12. The van der Waals surface area contributed by atoms with Gasteiger partial charge in [-0.3, -0.25) is 0 Å². The standard InChI is InChI=1S/C24H30ClN5O.CH4O/c25-20-15-27-23(29-18-6-2-1-3-7-18)14-19(20)21-8-4-9-22(30-21)28-17-24(16-26)10-5-12-31-13-11-24;1-2/h4,8-9,14-15,18H,1-3,5-7,10-13,17H2,(H,27,29)(H,28,30);2H,1H3. The number of hydrogen-bond donors (Lipinski definition) is 3. The lowest BCUT2D eigenvalue weighted by atomic mass is 9.82. The first-order valence-electron chi connectivity index (χ1n) is 11.7. The zero-order valence-electron chi connectivity index (χ0n) is 19.3. The number of halogens is 1. The van der Waals surface area contributed by atoms with Crippen LogP contribution in [0.1, 0.15) is 51.4 Å². The van der Waals surface area contributed by atoms with Crippen LogP contribution in [0.4, 0.5) is 11.6 Å². The first kappa shape index (κ1) is 25.2. The molecule has 0 spiro atoms. The van der Waals surface area contributed by atoms with E-state index in [2.05, 4.69) is 21.7 Å². The molecule has 1 atom stereocenters. The van der Waals surface area contributed by atoms with Gasteiger partial charge in [0.05, 0.1) is 22.2 Å². The smallest absolute Gasteiger partial charge is 0.126 e. The third-order valence-electron chi connectivity index (χ3n) is 6.35. The SMILES string of the molecule is CO.N#CC1(CNc2cccc(-c3cc(NC4CCCCC4)ncc3Cl)n2)CCCOCC1. The summed E-state index contributed by atoms with van der Waals surface area (Å²) in [5.41, 5.74) is 1.23. The number of anilines is 2. The molecule has 7 nitrogen and oxygen atoms in total. The predicted octanol–water partition coefficient (Wildman–Crippen LogP) is 5.27. The molecule has 2 fully saturated rings. The van der Waals surface area contributed by atoms with Gasteiger partial charge < -0.3 is 20.5 Å². The number of nitrogens with zero attached hydrogens (tertiary/aromatic N) is 3. The van der Waals surface area contributed by atoms with E-state index in [-0.39, 0.29) is 0 Å². The molecule has 1 unspecified atom stereocenters. The maximum atomic E-state index is 9.78. The maximum Gasteiger partial charge on any atom is 0.126 e. The molecule has 1 saturated carbocycles. The summed E-state index contributed by atoms with van der Waals surface area (Å²) in [5.74, 6) is 1.58. The van der Waals surface area contributed by atoms with Crippen molar-refractivity contribution < 1.29 is 9.84 Å². The van der Waals surface area contributed by atoms with Crippen LogP contribution in [0.5, 0.6) is 0 Å². The highest BCUT2D eigenvalue weighted by atomic mass is 35.5. The second-order valence-corrected chi connectivity index (χ2v) is 9.06. The fraction of sp³-hybridized carbons (Fsp3) is 0.560. The normalized spacial score (nSPS) is 21.2. The summed E-state index contributed by atoms with van der Waals surface area (Å²) in [6, 6.07) is 10.8.